The Kier molecular flexibility index (Phi) is 9.39. The molecular weight excluding hydrogens is 508 g/mol. The van der Waals surface area contributed by atoms with Crippen LogP contribution in [0.25, 0.3) is 12.2 Å². The molecule has 0 saturated carbocycles. The number of urea groups is 1. The van der Waals surface area contributed by atoms with Crippen molar-refractivity contribution < 1.29 is 24.2 Å². The molecule has 9 heteroatoms. The van der Waals surface area contributed by atoms with Crippen LogP contribution in [0.3, 0.4) is 0 Å². The number of pyridine rings is 1. The number of nitrogens with zero attached hydrogens (tertiary/aromatic N) is 3. The molecular formula is C31H36N4O5. The van der Waals surface area contributed by atoms with E-state index in [1.54, 1.807) is 60.5 Å². The van der Waals surface area contributed by atoms with E-state index in [9.17, 15) is 14.7 Å². The second-order valence-corrected chi connectivity index (χ2v) is 10.0. The summed E-state index contributed by atoms with van der Waals surface area (Å²) in [4.78, 5) is 34.3. The summed E-state index contributed by atoms with van der Waals surface area (Å²) in [5.41, 5.74) is 2.70. The fraction of sp³-hybridized carbons (Fsp3) is 0.323. The summed E-state index contributed by atoms with van der Waals surface area (Å²) < 4.78 is 11.6. The Morgan fingerprint density at radius 3 is 2.67 bits per heavy atom. The van der Waals surface area contributed by atoms with E-state index in [-0.39, 0.29) is 36.9 Å². The molecule has 3 atom stereocenters. The van der Waals surface area contributed by atoms with Crippen LogP contribution in [0, 0.1) is 5.92 Å². The van der Waals surface area contributed by atoms with Gasteiger partial charge in [-0.15, -0.1) is 0 Å². The van der Waals surface area contributed by atoms with E-state index in [0.717, 1.165) is 11.1 Å². The minimum atomic E-state index is -0.459. The molecule has 0 fully saturated rings. The lowest BCUT2D eigenvalue weighted by Gasteiger charge is -2.37. The van der Waals surface area contributed by atoms with E-state index in [0.29, 0.717) is 23.5 Å². The predicted octanol–water partition coefficient (Wildman–Crippen LogP) is 4.64. The Hall–Kier alpha value is -4.37. The first kappa shape index (κ1) is 28.6. The van der Waals surface area contributed by atoms with Gasteiger partial charge in [0.25, 0.3) is 5.91 Å². The number of amides is 3. The number of nitrogens with one attached hydrogen (secondary N) is 1. The van der Waals surface area contributed by atoms with Crippen molar-refractivity contribution in [1.82, 2.24) is 14.8 Å². The number of carbonyl (C=O) groups is 2. The average molecular weight is 545 g/mol. The molecule has 3 amide bonds. The highest BCUT2D eigenvalue weighted by molar-refractivity contribution is 5.97. The summed E-state index contributed by atoms with van der Waals surface area (Å²) >= 11 is 0. The molecule has 210 valence electrons. The fourth-order valence-corrected chi connectivity index (χ4v) is 4.46. The van der Waals surface area contributed by atoms with Gasteiger partial charge in [-0.3, -0.25) is 4.79 Å². The number of fused-ring (bicyclic) bond motifs is 1. The second-order valence-electron chi connectivity index (χ2n) is 10.0. The maximum absolute atomic E-state index is 13.6. The number of ether oxygens (including phenoxy) is 2. The minimum Gasteiger partial charge on any atom is -0.497 e. The van der Waals surface area contributed by atoms with Gasteiger partial charge in [0.2, 0.25) is 5.88 Å². The van der Waals surface area contributed by atoms with Crippen molar-refractivity contribution in [2.75, 3.05) is 39.2 Å². The zero-order chi connectivity index (χ0) is 28.6. The fourth-order valence-electron chi connectivity index (χ4n) is 4.46. The molecule has 1 aliphatic rings. The van der Waals surface area contributed by atoms with Crippen molar-refractivity contribution in [3.05, 3.63) is 83.6 Å². The van der Waals surface area contributed by atoms with Crippen molar-refractivity contribution >= 4 is 29.8 Å². The largest absolute Gasteiger partial charge is 0.497 e. The molecule has 2 aromatic carbocycles. The summed E-state index contributed by atoms with van der Waals surface area (Å²) in [7, 11) is 3.26. The molecule has 40 heavy (non-hydrogen) atoms. The number of methoxy groups -OCH3 is 1. The number of aliphatic hydroxyl groups is 1. The average Bonchev–Trinajstić information content (AvgIpc) is 2.98. The Morgan fingerprint density at radius 1 is 1.20 bits per heavy atom. The SMILES string of the molecule is COc1cccc(NC(=O)N(C)C[C@H]2Oc3ncc(/C=C/c4ccccc4)cc3C(=O)N([C@@H](C)CO)C[C@H]2C)c1. The molecule has 0 radical (unpaired) electrons. The third-order valence-electron chi connectivity index (χ3n) is 6.93. The number of hydrogen-bond donors (Lipinski definition) is 2. The molecule has 3 aromatic rings. The van der Waals surface area contributed by atoms with E-state index in [1.165, 1.54) is 0 Å². The normalized spacial score (nSPS) is 17.8. The van der Waals surface area contributed by atoms with Crippen molar-refractivity contribution in [2.45, 2.75) is 26.0 Å². The van der Waals surface area contributed by atoms with Crippen molar-refractivity contribution in [2.24, 2.45) is 5.92 Å². The summed E-state index contributed by atoms with van der Waals surface area (Å²) in [6.45, 7) is 4.19. The minimum absolute atomic E-state index is 0.155. The van der Waals surface area contributed by atoms with Gasteiger partial charge in [0.1, 0.15) is 17.4 Å². The third kappa shape index (κ3) is 6.98. The summed E-state index contributed by atoms with van der Waals surface area (Å²) in [6, 6.07) is 18.0. The first-order valence-electron chi connectivity index (χ1n) is 13.3. The van der Waals surface area contributed by atoms with Crippen LogP contribution in [-0.4, -0.2) is 77.8 Å². The van der Waals surface area contributed by atoms with Gasteiger partial charge in [0, 0.05) is 37.5 Å². The van der Waals surface area contributed by atoms with Crippen molar-refractivity contribution in [3.63, 3.8) is 0 Å². The van der Waals surface area contributed by atoms with Crippen molar-refractivity contribution in [3.8, 4) is 11.6 Å². The van der Waals surface area contributed by atoms with Gasteiger partial charge < -0.3 is 29.7 Å². The molecule has 1 aromatic heterocycles. The Balaban J connectivity index is 1.58. The molecule has 0 bridgehead atoms. The van der Waals surface area contributed by atoms with Gasteiger partial charge in [-0.05, 0) is 36.2 Å². The van der Waals surface area contributed by atoms with Crippen LogP contribution >= 0.6 is 0 Å². The summed E-state index contributed by atoms with van der Waals surface area (Å²) in [5.74, 6) is 0.432. The van der Waals surface area contributed by atoms with Gasteiger partial charge in [0.15, 0.2) is 0 Å². The van der Waals surface area contributed by atoms with Gasteiger partial charge in [0.05, 0.1) is 26.3 Å². The first-order valence-corrected chi connectivity index (χ1v) is 13.3. The number of aliphatic hydroxyl groups excluding tert-OH is 1. The highest BCUT2D eigenvalue weighted by Crippen LogP contribution is 2.28. The predicted molar refractivity (Wildman–Crippen MR) is 155 cm³/mol. The second kappa shape index (κ2) is 13.1. The number of carbonyl (C=O) groups excluding carboxylic acids is 2. The van der Waals surface area contributed by atoms with Crippen LogP contribution in [0.4, 0.5) is 10.5 Å². The first-order chi connectivity index (χ1) is 19.3. The van der Waals surface area contributed by atoms with Gasteiger partial charge >= 0.3 is 6.03 Å². The Bertz CT molecular complexity index is 1350. The topological polar surface area (TPSA) is 104 Å². The van der Waals surface area contributed by atoms with E-state index >= 15 is 0 Å². The van der Waals surface area contributed by atoms with Gasteiger partial charge in [-0.25, -0.2) is 9.78 Å². The van der Waals surface area contributed by atoms with E-state index in [4.69, 9.17) is 9.47 Å². The molecule has 1 aliphatic heterocycles. The molecule has 4 rings (SSSR count). The third-order valence-corrected chi connectivity index (χ3v) is 6.93. The number of aromatic nitrogens is 1. The molecule has 0 aliphatic carbocycles. The summed E-state index contributed by atoms with van der Waals surface area (Å²) in [5, 5.41) is 12.8. The zero-order valence-corrected chi connectivity index (χ0v) is 23.3. The number of hydrogen-bond acceptors (Lipinski definition) is 6. The van der Waals surface area contributed by atoms with E-state index < -0.39 is 12.1 Å². The molecule has 0 saturated heterocycles. The van der Waals surface area contributed by atoms with Crippen molar-refractivity contribution in [1.29, 1.82) is 0 Å². The van der Waals surface area contributed by atoms with Crippen LogP contribution in [0.1, 0.15) is 35.3 Å². The quantitative estimate of drug-likeness (QED) is 0.428. The highest BCUT2D eigenvalue weighted by Gasteiger charge is 2.34. The number of benzene rings is 2. The van der Waals surface area contributed by atoms with Gasteiger partial charge in [-0.2, -0.15) is 0 Å². The van der Waals surface area contributed by atoms with Crippen LogP contribution < -0.4 is 14.8 Å². The smallest absolute Gasteiger partial charge is 0.321 e. The van der Waals surface area contributed by atoms with E-state index in [2.05, 4.69) is 10.3 Å². The summed E-state index contributed by atoms with van der Waals surface area (Å²) in [6.07, 6.45) is 5.05. The van der Waals surface area contributed by atoms with Crippen LogP contribution in [0.15, 0.2) is 66.9 Å². The highest BCUT2D eigenvalue weighted by atomic mass is 16.5. The number of likely N-dealkylation sites (N-methyl/N-ethyl adjacent to an activating group) is 1. The van der Waals surface area contributed by atoms with Gasteiger partial charge in [-0.1, -0.05) is 55.5 Å². The van der Waals surface area contributed by atoms with Crippen LogP contribution in [0.2, 0.25) is 0 Å². The molecule has 2 heterocycles. The molecule has 9 nitrogen and oxygen atoms in total. The monoisotopic (exact) mass is 544 g/mol. The van der Waals surface area contributed by atoms with Crippen LogP contribution in [0.5, 0.6) is 11.6 Å². The van der Waals surface area contributed by atoms with E-state index in [1.807, 2.05) is 56.3 Å². The molecule has 0 spiro atoms. The molecule has 2 N–H and O–H groups in total. The maximum atomic E-state index is 13.6. The Morgan fingerprint density at radius 2 is 1.95 bits per heavy atom. The maximum Gasteiger partial charge on any atom is 0.321 e. The Labute approximate surface area is 235 Å². The lowest BCUT2D eigenvalue weighted by atomic mass is 10.00. The zero-order valence-electron chi connectivity index (χ0n) is 23.3. The number of rotatable bonds is 8. The standard InChI is InChI=1S/C31H36N4O5/c1-21-18-35(22(2)20-36)30(37)27-15-24(14-13-23-9-6-5-7-10-23)17-32-29(27)40-28(21)19-34(3)31(38)33-25-11-8-12-26(16-25)39-4/h5-17,21-22,28,36H,18-20H2,1-4H3,(H,33,38)/b14-13+/t21-,22+,28-/m1/s1. The molecule has 0 unspecified atom stereocenters. The lowest BCUT2D eigenvalue weighted by Crippen LogP contribution is -2.50. The number of anilines is 1. The van der Waals surface area contributed by atoms with Crippen LogP contribution in [-0.2, 0) is 0 Å². The lowest BCUT2D eigenvalue weighted by molar-refractivity contribution is 0.0356.